The maximum Gasteiger partial charge on any atom is 0.259 e. The molecule has 0 aliphatic carbocycles. The zero-order chi connectivity index (χ0) is 15.2. The van der Waals surface area contributed by atoms with Gasteiger partial charge in [-0.1, -0.05) is 30.7 Å². The minimum Gasteiger partial charge on any atom is -0.369 e. The summed E-state index contributed by atoms with van der Waals surface area (Å²) in [5.41, 5.74) is 2.06. The average Bonchev–Trinajstić information content (AvgIpc) is 2.49. The fourth-order valence-electron chi connectivity index (χ4n) is 1.94. The van der Waals surface area contributed by atoms with Crippen LogP contribution in [0.3, 0.4) is 0 Å². The molecule has 0 saturated heterocycles. The average molecular weight is 304 g/mol. The van der Waals surface area contributed by atoms with Crippen molar-refractivity contribution in [2.45, 2.75) is 20.3 Å². The highest BCUT2D eigenvalue weighted by Gasteiger charge is 2.14. The largest absolute Gasteiger partial charge is 0.369 e. The number of rotatable bonds is 5. The molecule has 5 heteroatoms. The Labute approximate surface area is 129 Å². The van der Waals surface area contributed by atoms with E-state index in [1.165, 1.54) is 0 Å². The molecule has 0 saturated carbocycles. The first-order valence-electron chi connectivity index (χ1n) is 6.88. The molecule has 0 aliphatic rings. The Kier molecular flexibility index (Phi) is 5.17. The normalized spacial score (nSPS) is 10.2. The number of carbonyl (C=O) groups is 1. The summed E-state index contributed by atoms with van der Waals surface area (Å²) >= 11 is 6.14. The molecule has 0 unspecified atom stereocenters. The number of para-hydroxylation sites is 1. The standard InChI is InChI=1S/C16H18ClN3O/c1-3-9-18-15-12(7-5-10-19-15)16(21)20-14-11(2)6-4-8-13(14)17/h4-8,10H,3,9H2,1-2H3,(H,18,19)(H,20,21). The molecule has 1 aromatic heterocycles. The number of aromatic nitrogens is 1. The molecule has 2 rings (SSSR count). The predicted molar refractivity (Wildman–Crippen MR) is 87.2 cm³/mol. The lowest BCUT2D eigenvalue weighted by atomic mass is 10.1. The Hall–Kier alpha value is -2.07. The molecule has 1 heterocycles. The van der Waals surface area contributed by atoms with Crippen molar-refractivity contribution in [2.24, 2.45) is 0 Å². The molecule has 1 aromatic carbocycles. The van der Waals surface area contributed by atoms with Gasteiger partial charge >= 0.3 is 0 Å². The molecular weight excluding hydrogens is 286 g/mol. The quantitative estimate of drug-likeness (QED) is 0.873. The highest BCUT2D eigenvalue weighted by Crippen LogP contribution is 2.26. The molecule has 21 heavy (non-hydrogen) atoms. The summed E-state index contributed by atoms with van der Waals surface area (Å²) in [4.78, 5) is 16.7. The van der Waals surface area contributed by atoms with Crippen LogP contribution >= 0.6 is 11.6 Å². The topological polar surface area (TPSA) is 54.0 Å². The Morgan fingerprint density at radius 2 is 2.10 bits per heavy atom. The van der Waals surface area contributed by atoms with Crippen molar-refractivity contribution >= 4 is 29.0 Å². The Morgan fingerprint density at radius 1 is 1.29 bits per heavy atom. The number of hydrogen-bond acceptors (Lipinski definition) is 3. The summed E-state index contributed by atoms with van der Waals surface area (Å²) in [6, 6.07) is 8.99. The second-order valence-electron chi connectivity index (χ2n) is 4.71. The number of benzene rings is 1. The van der Waals surface area contributed by atoms with Gasteiger partial charge in [0.25, 0.3) is 5.91 Å². The number of pyridine rings is 1. The zero-order valence-corrected chi connectivity index (χ0v) is 12.9. The SMILES string of the molecule is CCCNc1ncccc1C(=O)Nc1c(C)cccc1Cl. The number of nitrogens with zero attached hydrogens (tertiary/aromatic N) is 1. The van der Waals surface area contributed by atoms with Crippen LogP contribution in [0.4, 0.5) is 11.5 Å². The summed E-state index contributed by atoms with van der Waals surface area (Å²) in [6.45, 7) is 4.73. The Morgan fingerprint density at radius 3 is 2.81 bits per heavy atom. The van der Waals surface area contributed by atoms with Crippen molar-refractivity contribution in [1.29, 1.82) is 0 Å². The van der Waals surface area contributed by atoms with Gasteiger partial charge in [0.15, 0.2) is 0 Å². The molecule has 0 atom stereocenters. The lowest BCUT2D eigenvalue weighted by molar-refractivity contribution is 0.102. The van der Waals surface area contributed by atoms with Crippen molar-refractivity contribution in [2.75, 3.05) is 17.2 Å². The first kappa shape index (κ1) is 15.3. The molecule has 0 fully saturated rings. The molecule has 4 nitrogen and oxygen atoms in total. The van der Waals surface area contributed by atoms with Crippen LogP contribution in [0.5, 0.6) is 0 Å². The number of hydrogen-bond donors (Lipinski definition) is 2. The van der Waals surface area contributed by atoms with Crippen molar-refractivity contribution in [1.82, 2.24) is 4.98 Å². The fourth-order valence-corrected chi connectivity index (χ4v) is 2.21. The van der Waals surface area contributed by atoms with Gasteiger partial charge in [0, 0.05) is 12.7 Å². The molecule has 0 aliphatic heterocycles. The van der Waals surface area contributed by atoms with E-state index in [0.717, 1.165) is 18.5 Å². The van der Waals surface area contributed by atoms with Crippen LogP contribution in [0.1, 0.15) is 29.3 Å². The van der Waals surface area contributed by atoms with E-state index in [9.17, 15) is 4.79 Å². The molecule has 2 N–H and O–H groups in total. The lowest BCUT2D eigenvalue weighted by Gasteiger charge is -2.13. The highest BCUT2D eigenvalue weighted by atomic mass is 35.5. The van der Waals surface area contributed by atoms with Crippen LogP contribution in [0.25, 0.3) is 0 Å². The van der Waals surface area contributed by atoms with Gasteiger partial charge in [0.2, 0.25) is 0 Å². The van der Waals surface area contributed by atoms with Crippen molar-refractivity contribution in [3.05, 3.63) is 52.7 Å². The third kappa shape index (κ3) is 3.73. The summed E-state index contributed by atoms with van der Waals surface area (Å²) < 4.78 is 0. The van der Waals surface area contributed by atoms with Gasteiger partial charge in [-0.15, -0.1) is 0 Å². The van der Waals surface area contributed by atoms with Crippen LogP contribution in [-0.4, -0.2) is 17.4 Å². The number of carbonyl (C=O) groups excluding carboxylic acids is 1. The predicted octanol–water partition coefficient (Wildman–Crippen LogP) is 4.12. The van der Waals surface area contributed by atoms with Crippen molar-refractivity contribution in [3.63, 3.8) is 0 Å². The van der Waals surface area contributed by atoms with Gasteiger partial charge in [-0.25, -0.2) is 4.98 Å². The Balaban J connectivity index is 2.25. The van der Waals surface area contributed by atoms with E-state index in [-0.39, 0.29) is 5.91 Å². The highest BCUT2D eigenvalue weighted by molar-refractivity contribution is 6.34. The van der Waals surface area contributed by atoms with E-state index < -0.39 is 0 Å². The van der Waals surface area contributed by atoms with Crippen LogP contribution in [0, 0.1) is 6.92 Å². The minimum absolute atomic E-state index is 0.224. The van der Waals surface area contributed by atoms with Gasteiger partial charge in [-0.3, -0.25) is 4.79 Å². The molecule has 2 aromatic rings. The van der Waals surface area contributed by atoms with E-state index >= 15 is 0 Å². The number of aryl methyl sites for hydroxylation is 1. The summed E-state index contributed by atoms with van der Waals surface area (Å²) in [5.74, 6) is 0.361. The van der Waals surface area contributed by atoms with E-state index in [4.69, 9.17) is 11.6 Å². The molecular formula is C16H18ClN3O. The summed E-state index contributed by atoms with van der Waals surface area (Å²) in [7, 11) is 0. The number of anilines is 2. The van der Waals surface area contributed by atoms with Gasteiger partial charge < -0.3 is 10.6 Å². The number of amides is 1. The Bertz CT molecular complexity index is 623. The lowest BCUT2D eigenvalue weighted by Crippen LogP contribution is -2.16. The van der Waals surface area contributed by atoms with Crippen LogP contribution in [0.15, 0.2) is 36.5 Å². The van der Waals surface area contributed by atoms with Crippen LogP contribution in [0.2, 0.25) is 5.02 Å². The van der Waals surface area contributed by atoms with Crippen LogP contribution in [-0.2, 0) is 0 Å². The van der Waals surface area contributed by atoms with E-state index in [0.29, 0.717) is 22.1 Å². The second kappa shape index (κ2) is 7.09. The maximum atomic E-state index is 12.5. The smallest absolute Gasteiger partial charge is 0.259 e. The molecule has 0 radical (unpaired) electrons. The van der Waals surface area contributed by atoms with Gasteiger partial charge in [-0.2, -0.15) is 0 Å². The monoisotopic (exact) mass is 303 g/mol. The maximum absolute atomic E-state index is 12.5. The molecule has 1 amide bonds. The van der Waals surface area contributed by atoms with Gasteiger partial charge in [0.1, 0.15) is 5.82 Å². The van der Waals surface area contributed by atoms with Crippen molar-refractivity contribution < 1.29 is 4.79 Å². The minimum atomic E-state index is -0.224. The third-order valence-corrected chi connectivity index (χ3v) is 3.37. The second-order valence-corrected chi connectivity index (χ2v) is 5.12. The van der Waals surface area contributed by atoms with E-state index in [1.54, 1.807) is 24.4 Å². The number of nitrogens with one attached hydrogen (secondary N) is 2. The first-order chi connectivity index (χ1) is 10.1. The van der Waals surface area contributed by atoms with Crippen molar-refractivity contribution in [3.8, 4) is 0 Å². The molecule has 0 spiro atoms. The molecule has 110 valence electrons. The first-order valence-corrected chi connectivity index (χ1v) is 7.26. The van der Waals surface area contributed by atoms with Gasteiger partial charge in [0.05, 0.1) is 16.3 Å². The van der Waals surface area contributed by atoms with E-state index in [2.05, 4.69) is 22.5 Å². The van der Waals surface area contributed by atoms with Crippen LogP contribution < -0.4 is 10.6 Å². The number of halogens is 1. The summed E-state index contributed by atoms with van der Waals surface area (Å²) in [5, 5.41) is 6.54. The zero-order valence-electron chi connectivity index (χ0n) is 12.1. The summed E-state index contributed by atoms with van der Waals surface area (Å²) in [6.07, 6.45) is 2.62. The molecule has 0 bridgehead atoms. The third-order valence-electron chi connectivity index (χ3n) is 3.06. The fraction of sp³-hybridized carbons (Fsp3) is 0.250. The van der Waals surface area contributed by atoms with Gasteiger partial charge in [-0.05, 0) is 37.1 Å². The van der Waals surface area contributed by atoms with E-state index in [1.807, 2.05) is 19.1 Å².